The van der Waals surface area contributed by atoms with Gasteiger partial charge in [-0.25, -0.2) is 4.98 Å². The number of alkyl halides is 2. The third-order valence-corrected chi connectivity index (χ3v) is 2.76. The lowest BCUT2D eigenvalue weighted by Crippen LogP contribution is -2.37. The minimum atomic E-state index is -2.60. The molecule has 0 unspecified atom stereocenters. The SMILES string of the molecule is CN=C(NCc1ccccn1)NCc1nccn1C(F)F. The second-order valence-electron chi connectivity index (χ2n) is 4.13. The minimum absolute atomic E-state index is 0.152. The molecule has 0 saturated heterocycles. The lowest BCUT2D eigenvalue weighted by Gasteiger charge is -2.12. The van der Waals surface area contributed by atoms with Crippen LogP contribution in [0, 0.1) is 0 Å². The molecule has 8 heteroatoms. The molecule has 0 aliphatic rings. The summed E-state index contributed by atoms with van der Waals surface area (Å²) >= 11 is 0. The Kier molecular flexibility index (Phi) is 5.19. The molecule has 2 rings (SSSR count). The van der Waals surface area contributed by atoms with E-state index in [1.54, 1.807) is 13.2 Å². The van der Waals surface area contributed by atoms with Crippen LogP contribution in [-0.2, 0) is 13.1 Å². The Hall–Kier alpha value is -2.51. The Morgan fingerprint density at radius 2 is 2.05 bits per heavy atom. The number of rotatable bonds is 5. The Labute approximate surface area is 120 Å². The van der Waals surface area contributed by atoms with Gasteiger partial charge in [0.2, 0.25) is 0 Å². The van der Waals surface area contributed by atoms with E-state index in [-0.39, 0.29) is 12.4 Å². The number of pyridine rings is 1. The van der Waals surface area contributed by atoms with Crippen molar-refractivity contribution in [1.29, 1.82) is 0 Å². The van der Waals surface area contributed by atoms with E-state index in [4.69, 9.17) is 0 Å². The number of hydrogen-bond acceptors (Lipinski definition) is 3. The number of aromatic nitrogens is 3. The van der Waals surface area contributed by atoms with Gasteiger partial charge in [-0.05, 0) is 12.1 Å². The van der Waals surface area contributed by atoms with Gasteiger partial charge in [-0.2, -0.15) is 8.78 Å². The average molecular weight is 294 g/mol. The summed E-state index contributed by atoms with van der Waals surface area (Å²) in [5.74, 6) is 0.732. The Bertz CT molecular complexity index is 581. The fraction of sp³-hybridized carbons (Fsp3) is 0.308. The second-order valence-corrected chi connectivity index (χ2v) is 4.13. The summed E-state index contributed by atoms with van der Waals surface area (Å²) in [4.78, 5) is 12.1. The second kappa shape index (κ2) is 7.32. The van der Waals surface area contributed by atoms with Crippen LogP contribution in [-0.4, -0.2) is 27.5 Å². The number of halogens is 2. The van der Waals surface area contributed by atoms with E-state index < -0.39 is 6.55 Å². The van der Waals surface area contributed by atoms with Crippen molar-refractivity contribution in [2.75, 3.05) is 7.05 Å². The Morgan fingerprint density at radius 3 is 2.71 bits per heavy atom. The molecule has 2 aromatic heterocycles. The maximum atomic E-state index is 12.7. The van der Waals surface area contributed by atoms with E-state index in [1.165, 1.54) is 12.4 Å². The number of guanidine groups is 1. The van der Waals surface area contributed by atoms with Gasteiger partial charge in [-0.3, -0.25) is 14.5 Å². The van der Waals surface area contributed by atoms with E-state index in [0.29, 0.717) is 12.5 Å². The molecular formula is C13H16F2N6. The molecule has 0 amide bonds. The Morgan fingerprint density at radius 1 is 1.24 bits per heavy atom. The fourth-order valence-corrected chi connectivity index (χ4v) is 1.72. The maximum absolute atomic E-state index is 12.7. The largest absolute Gasteiger partial charge is 0.351 e. The predicted octanol–water partition coefficient (Wildman–Crippen LogP) is 1.54. The summed E-state index contributed by atoms with van der Waals surface area (Å²) in [5.41, 5.74) is 0.856. The molecule has 2 aromatic rings. The number of aliphatic imine (C=N–C) groups is 1. The molecular weight excluding hydrogens is 278 g/mol. The van der Waals surface area contributed by atoms with Crippen LogP contribution >= 0.6 is 0 Å². The number of nitrogens with one attached hydrogen (secondary N) is 2. The zero-order valence-corrected chi connectivity index (χ0v) is 11.5. The molecule has 6 nitrogen and oxygen atoms in total. The van der Waals surface area contributed by atoms with Crippen LogP contribution in [0.2, 0.25) is 0 Å². The van der Waals surface area contributed by atoms with Crippen molar-refractivity contribution in [3.05, 3.63) is 48.3 Å². The van der Waals surface area contributed by atoms with Gasteiger partial charge in [0, 0.05) is 25.6 Å². The molecule has 0 aromatic carbocycles. The molecule has 0 aliphatic heterocycles. The first-order valence-corrected chi connectivity index (χ1v) is 6.35. The highest BCUT2D eigenvalue weighted by atomic mass is 19.3. The molecule has 0 atom stereocenters. The zero-order valence-electron chi connectivity index (χ0n) is 11.5. The van der Waals surface area contributed by atoms with Gasteiger partial charge in [0.15, 0.2) is 5.96 Å². The number of nitrogens with zero attached hydrogens (tertiary/aromatic N) is 4. The van der Waals surface area contributed by atoms with Gasteiger partial charge in [-0.1, -0.05) is 6.07 Å². The van der Waals surface area contributed by atoms with Crippen LogP contribution in [0.15, 0.2) is 41.8 Å². The van der Waals surface area contributed by atoms with Crippen LogP contribution in [0.1, 0.15) is 18.1 Å². The first-order chi connectivity index (χ1) is 10.2. The Balaban J connectivity index is 1.87. The summed E-state index contributed by atoms with van der Waals surface area (Å²) in [7, 11) is 1.60. The molecule has 0 bridgehead atoms. The van der Waals surface area contributed by atoms with Crippen LogP contribution in [0.4, 0.5) is 8.78 Å². The molecule has 0 saturated carbocycles. The molecule has 0 radical (unpaired) electrons. The van der Waals surface area contributed by atoms with Crippen molar-refractivity contribution in [2.24, 2.45) is 4.99 Å². The van der Waals surface area contributed by atoms with Crippen molar-refractivity contribution < 1.29 is 8.78 Å². The summed E-state index contributed by atoms with van der Waals surface area (Å²) in [5, 5.41) is 5.98. The first kappa shape index (κ1) is 14.9. The highest BCUT2D eigenvalue weighted by Crippen LogP contribution is 2.11. The van der Waals surface area contributed by atoms with E-state index in [1.807, 2.05) is 18.2 Å². The molecule has 21 heavy (non-hydrogen) atoms. The van der Waals surface area contributed by atoms with E-state index in [9.17, 15) is 8.78 Å². The van der Waals surface area contributed by atoms with Gasteiger partial charge in [-0.15, -0.1) is 0 Å². The smallest absolute Gasteiger partial charge is 0.319 e. The van der Waals surface area contributed by atoms with Crippen LogP contribution in [0.5, 0.6) is 0 Å². The first-order valence-electron chi connectivity index (χ1n) is 6.35. The molecule has 0 aliphatic carbocycles. The van der Waals surface area contributed by atoms with Crippen molar-refractivity contribution in [1.82, 2.24) is 25.2 Å². The third kappa shape index (κ3) is 4.23. The third-order valence-electron chi connectivity index (χ3n) is 2.76. The highest BCUT2D eigenvalue weighted by molar-refractivity contribution is 5.79. The standard InChI is InChI=1S/C13H16F2N6/c1-16-13(19-8-10-4-2-3-5-17-10)20-9-11-18-6-7-21(11)12(14)15/h2-7,12H,8-9H2,1H3,(H2,16,19,20). The van der Waals surface area contributed by atoms with Gasteiger partial charge < -0.3 is 10.6 Å². The molecule has 0 fully saturated rings. The lowest BCUT2D eigenvalue weighted by atomic mass is 10.3. The van der Waals surface area contributed by atoms with Crippen LogP contribution in [0.3, 0.4) is 0 Å². The molecule has 112 valence electrons. The topological polar surface area (TPSA) is 67.1 Å². The van der Waals surface area contributed by atoms with Gasteiger partial charge >= 0.3 is 6.55 Å². The molecule has 2 heterocycles. The van der Waals surface area contributed by atoms with Crippen molar-refractivity contribution in [2.45, 2.75) is 19.6 Å². The van der Waals surface area contributed by atoms with Gasteiger partial charge in [0.05, 0.1) is 18.8 Å². The highest BCUT2D eigenvalue weighted by Gasteiger charge is 2.11. The van der Waals surface area contributed by atoms with E-state index >= 15 is 0 Å². The van der Waals surface area contributed by atoms with Crippen molar-refractivity contribution >= 4 is 5.96 Å². The lowest BCUT2D eigenvalue weighted by molar-refractivity contribution is 0.0668. The van der Waals surface area contributed by atoms with Crippen molar-refractivity contribution in [3.8, 4) is 0 Å². The quantitative estimate of drug-likeness (QED) is 0.648. The zero-order chi connectivity index (χ0) is 15.1. The monoisotopic (exact) mass is 294 g/mol. The summed E-state index contributed by atoms with van der Waals surface area (Å²) in [6.07, 6.45) is 4.28. The normalized spacial score (nSPS) is 11.7. The van der Waals surface area contributed by atoms with Gasteiger partial charge in [0.1, 0.15) is 5.82 Å². The van der Waals surface area contributed by atoms with Crippen molar-refractivity contribution in [3.63, 3.8) is 0 Å². The predicted molar refractivity (Wildman–Crippen MR) is 74.8 cm³/mol. The summed E-state index contributed by atoms with van der Waals surface area (Å²) < 4.78 is 26.2. The minimum Gasteiger partial charge on any atom is -0.351 e. The molecule has 2 N–H and O–H groups in total. The number of imidazole rings is 1. The number of hydrogen-bond donors (Lipinski definition) is 2. The van der Waals surface area contributed by atoms with Crippen LogP contribution in [0.25, 0.3) is 0 Å². The van der Waals surface area contributed by atoms with Crippen LogP contribution < -0.4 is 10.6 Å². The molecule has 0 spiro atoms. The summed E-state index contributed by atoms with van der Waals surface area (Å²) in [6, 6.07) is 5.60. The van der Waals surface area contributed by atoms with E-state index in [2.05, 4.69) is 25.6 Å². The summed E-state index contributed by atoms with van der Waals surface area (Å²) in [6.45, 7) is -1.96. The van der Waals surface area contributed by atoms with E-state index in [0.717, 1.165) is 10.3 Å². The fourth-order valence-electron chi connectivity index (χ4n) is 1.72. The maximum Gasteiger partial charge on any atom is 0.319 e. The average Bonchev–Trinajstić information content (AvgIpc) is 2.97. The van der Waals surface area contributed by atoms with Gasteiger partial charge in [0.25, 0.3) is 0 Å².